The normalized spacial score (nSPS) is 16.5. The molecule has 4 heterocycles. The molecule has 1 amide bonds. The average Bonchev–Trinajstić information content (AvgIpc) is 3.33. The van der Waals surface area contributed by atoms with Crippen LogP contribution in [0.1, 0.15) is 33.6 Å². The van der Waals surface area contributed by atoms with E-state index in [0.29, 0.717) is 32.0 Å². The predicted octanol–water partition coefficient (Wildman–Crippen LogP) is 1.99. The highest BCUT2D eigenvalue weighted by atomic mass is 16.5. The van der Waals surface area contributed by atoms with Gasteiger partial charge in [-0.15, -0.1) is 0 Å². The number of oxazole rings is 1. The van der Waals surface area contributed by atoms with Gasteiger partial charge in [-0.25, -0.2) is 9.97 Å². The van der Waals surface area contributed by atoms with Crippen molar-refractivity contribution in [3.8, 4) is 0 Å². The fourth-order valence-electron chi connectivity index (χ4n) is 3.13. The van der Waals surface area contributed by atoms with Crippen molar-refractivity contribution in [3.63, 3.8) is 0 Å². The summed E-state index contributed by atoms with van der Waals surface area (Å²) >= 11 is 0. The van der Waals surface area contributed by atoms with E-state index in [1.807, 2.05) is 25.1 Å². The lowest BCUT2D eigenvalue weighted by Crippen LogP contribution is -2.42. The Labute approximate surface area is 150 Å². The highest BCUT2D eigenvalue weighted by Crippen LogP contribution is 2.23. The van der Waals surface area contributed by atoms with Crippen LogP contribution in [0.5, 0.6) is 0 Å². The number of aromatic nitrogens is 4. The second kappa shape index (κ2) is 7.09. The molecule has 134 valence electrons. The molecule has 8 heteroatoms. The number of aryl methyl sites for hydroxylation is 1. The molecule has 4 rings (SSSR count). The molecule has 1 aliphatic rings. The van der Waals surface area contributed by atoms with Crippen molar-refractivity contribution in [1.29, 1.82) is 0 Å². The van der Waals surface area contributed by atoms with E-state index >= 15 is 0 Å². The van der Waals surface area contributed by atoms with Gasteiger partial charge in [0.25, 0.3) is 5.91 Å². The summed E-state index contributed by atoms with van der Waals surface area (Å²) in [5.74, 6) is -0.156. The Hall–Kier alpha value is -3.00. The Kier molecular flexibility index (Phi) is 4.49. The maximum absolute atomic E-state index is 12.6. The topological polar surface area (TPSA) is 86.3 Å². The average molecular weight is 353 g/mol. The summed E-state index contributed by atoms with van der Waals surface area (Å²) in [4.78, 5) is 26.9. The lowest BCUT2D eigenvalue weighted by Gasteiger charge is -2.34. The van der Waals surface area contributed by atoms with Crippen molar-refractivity contribution in [2.45, 2.75) is 26.1 Å². The van der Waals surface area contributed by atoms with Gasteiger partial charge in [-0.3, -0.25) is 9.78 Å². The van der Waals surface area contributed by atoms with E-state index in [-0.39, 0.29) is 11.9 Å². The number of nitrogens with zero attached hydrogens (tertiary/aromatic N) is 5. The molecule has 0 spiro atoms. The third kappa shape index (κ3) is 3.36. The third-order valence-corrected chi connectivity index (χ3v) is 4.37. The van der Waals surface area contributed by atoms with Crippen LogP contribution in [0.3, 0.4) is 0 Å². The zero-order valence-corrected chi connectivity index (χ0v) is 14.4. The van der Waals surface area contributed by atoms with Crippen LogP contribution in [-0.2, 0) is 17.9 Å². The fraction of sp³-hybridized carbons (Fsp3) is 0.333. The summed E-state index contributed by atoms with van der Waals surface area (Å²) in [5.41, 5.74) is 3.13. The minimum absolute atomic E-state index is 0.0121. The van der Waals surface area contributed by atoms with E-state index in [4.69, 9.17) is 9.15 Å². The standard InChI is InChI=1S/C18H19N5O3/c1-13-3-2-4-14(21-13)8-25-9-16-7-22(6-15-5-19-11-23(15)16)18(24)17-10-26-12-20-17/h2-5,10-12,16H,6-9H2,1H3. The predicted molar refractivity (Wildman–Crippen MR) is 91.1 cm³/mol. The molecule has 0 aliphatic carbocycles. The van der Waals surface area contributed by atoms with Gasteiger partial charge >= 0.3 is 0 Å². The lowest BCUT2D eigenvalue weighted by molar-refractivity contribution is 0.0470. The Morgan fingerprint density at radius 1 is 1.42 bits per heavy atom. The number of hydrogen-bond donors (Lipinski definition) is 0. The first kappa shape index (κ1) is 16.5. The molecule has 0 aromatic carbocycles. The van der Waals surface area contributed by atoms with Crippen LogP contribution in [0.15, 0.2) is 47.8 Å². The summed E-state index contributed by atoms with van der Waals surface area (Å²) in [5, 5.41) is 0. The number of rotatable bonds is 5. The molecule has 0 saturated heterocycles. The Morgan fingerprint density at radius 3 is 3.15 bits per heavy atom. The molecule has 1 unspecified atom stereocenters. The number of carbonyl (C=O) groups is 1. The second-order valence-electron chi connectivity index (χ2n) is 6.29. The van der Waals surface area contributed by atoms with Crippen molar-refractivity contribution in [2.75, 3.05) is 13.2 Å². The van der Waals surface area contributed by atoms with Crippen LogP contribution < -0.4 is 0 Å². The molecule has 8 nitrogen and oxygen atoms in total. The van der Waals surface area contributed by atoms with E-state index in [2.05, 4.69) is 19.5 Å². The van der Waals surface area contributed by atoms with E-state index in [1.165, 1.54) is 12.7 Å². The quantitative estimate of drug-likeness (QED) is 0.697. The summed E-state index contributed by atoms with van der Waals surface area (Å²) in [7, 11) is 0. The molecule has 26 heavy (non-hydrogen) atoms. The maximum Gasteiger partial charge on any atom is 0.276 e. The first-order chi connectivity index (χ1) is 12.7. The molecule has 0 bridgehead atoms. The molecule has 3 aromatic rings. The van der Waals surface area contributed by atoms with Crippen molar-refractivity contribution in [2.24, 2.45) is 0 Å². The van der Waals surface area contributed by atoms with E-state index < -0.39 is 0 Å². The van der Waals surface area contributed by atoms with Crippen LogP contribution in [0, 0.1) is 6.92 Å². The number of pyridine rings is 1. The molecular weight excluding hydrogens is 334 g/mol. The van der Waals surface area contributed by atoms with Crippen molar-refractivity contribution >= 4 is 5.91 Å². The van der Waals surface area contributed by atoms with E-state index in [9.17, 15) is 4.79 Å². The fourth-order valence-corrected chi connectivity index (χ4v) is 3.13. The molecule has 0 saturated carbocycles. The smallest absolute Gasteiger partial charge is 0.276 e. The summed E-state index contributed by atoms with van der Waals surface area (Å²) in [6.45, 7) is 3.86. The first-order valence-electron chi connectivity index (χ1n) is 8.39. The molecule has 1 atom stereocenters. The number of hydrogen-bond acceptors (Lipinski definition) is 6. The van der Waals surface area contributed by atoms with Gasteiger partial charge in [-0.1, -0.05) is 6.07 Å². The van der Waals surface area contributed by atoms with Gasteiger partial charge in [0.1, 0.15) is 6.26 Å². The summed E-state index contributed by atoms with van der Waals surface area (Å²) in [6.07, 6.45) is 6.18. The van der Waals surface area contributed by atoms with E-state index in [1.54, 1.807) is 17.4 Å². The SMILES string of the molecule is Cc1cccc(COCC2CN(C(=O)c3cocn3)Cc3cncn32)n1. The number of ether oxygens (including phenoxy) is 1. The number of fused-ring (bicyclic) bond motifs is 1. The zero-order valence-electron chi connectivity index (χ0n) is 14.4. The van der Waals surface area contributed by atoms with Crippen LogP contribution in [0.4, 0.5) is 0 Å². The second-order valence-corrected chi connectivity index (χ2v) is 6.29. The minimum atomic E-state index is -0.156. The van der Waals surface area contributed by atoms with E-state index in [0.717, 1.165) is 17.1 Å². The lowest BCUT2D eigenvalue weighted by atomic mass is 10.2. The highest BCUT2D eigenvalue weighted by molar-refractivity contribution is 5.91. The van der Waals surface area contributed by atoms with Gasteiger partial charge in [0.2, 0.25) is 0 Å². The summed E-state index contributed by atoms with van der Waals surface area (Å²) in [6, 6.07) is 5.85. The Bertz CT molecular complexity index is 890. The van der Waals surface area contributed by atoms with Crippen LogP contribution in [0.25, 0.3) is 0 Å². The van der Waals surface area contributed by atoms with Crippen LogP contribution >= 0.6 is 0 Å². The van der Waals surface area contributed by atoms with Crippen molar-refractivity contribution in [1.82, 2.24) is 24.4 Å². The van der Waals surface area contributed by atoms with Crippen molar-refractivity contribution in [3.05, 3.63) is 66.2 Å². The van der Waals surface area contributed by atoms with Crippen LogP contribution in [0.2, 0.25) is 0 Å². The molecule has 3 aromatic heterocycles. The van der Waals surface area contributed by atoms with Gasteiger partial charge in [-0.2, -0.15) is 0 Å². The molecule has 0 fully saturated rings. The molecule has 0 radical (unpaired) electrons. The monoisotopic (exact) mass is 353 g/mol. The largest absolute Gasteiger partial charge is 0.451 e. The molecule has 1 aliphatic heterocycles. The summed E-state index contributed by atoms with van der Waals surface area (Å²) < 4.78 is 12.9. The zero-order chi connectivity index (χ0) is 17.9. The third-order valence-electron chi connectivity index (χ3n) is 4.37. The van der Waals surface area contributed by atoms with Crippen molar-refractivity contribution < 1.29 is 13.9 Å². The first-order valence-corrected chi connectivity index (χ1v) is 8.39. The highest BCUT2D eigenvalue weighted by Gasteiger charge is 2.29. The molecule has 0 N–H and O–H groups in total. The van der Waals surface area contributed by atoms with Gasteiger partial charge in [-0.05, 0) is 19.1 Å². The number of carbonyl (C=O) groups excluding carboxylic acids is 1. The maximum atomic E-state index is 12.6. The van der Waals surface area contributed by atoms with Gasteiger partial charge in [0.05, 0.1) is 43.5 Å². The van der Waals surface area contributed by atoms with Gasteiger partial charge in [0, 0.05) is 18.4 Å². The van der Waals surface area contributed by atoms with Gasteiger partial charge in [0.15, 0.2) is 12.1 Å². The minimum Gasteiger partial charge on any atom is -0.451 e. The number of amides is 1. The van der Waals surface area contributed by atoms with Gasteiger partial charge < -0.3 is 18.6 Å². The van der Waals surface area contributed by atoms with Crippen LogP contribution in [-0.4, -0.2) is 43.5 Å². The Morgan fingerprint density at radius 2 is 2.35 bits per heavy atom. The molecular formula is C18H19N5O3. The Balaban J connectivity index is 1.44. The number of imidazole rings is 1.